The molecule has 2 heterocycles. The first-order valence-electron chi connectivity index (χ1n) is 8.41. The molecule has 0 amide bonds. The molecule has 0 aliphatic rings. The van der Waals surface area contributed by atoms with Crippen LogP contribution >= 0.6 is 0 Å². The Morgan fingerprint density at radius 2 is 1.96 bits per heavy atom. The van der Waals surface area contributed by atoms with Gasteiger partial charge < -0.3 is 4.90 Å². The predicted molar refractivity (Wildman–Crippen MR) is 96.3 cm³/mol. The molecule has 5 heteroatoms. The summed E-state index contributed by atoms with van der Waals surface area (Å²) < 4.78 is 1.88. The van der Waals surface area contributed by atoms with Crippen LogP contribution in [0.4, 0.5) is 0 Å². The molecule has 0 atom stereocenters. The number of nitrogens with one attached hydrogen (secondary N) is 1. The molecule has 1 N–H and O–H groups in total. The summed E-state index contributed by atoms with van der Waals surface area (Å²) in [6, 6.07) is 10.5. The molecule has 0 saturated heterocycles. The Kier molecular flexibility index (Phi) is 5.11. The quantitative estimate of drug-likeness (QED) is 0.726. The fourth-order valence-electron chi connectivity index (χ4n) is 3.03. The minimum absolute atomic E-state index is 0.961. The molecule has 3 rings (SSSR count). The lowest BCUT2D eigenvalue weighted by Gasteiger charge is -2.17. The fraction of sp³-hybridized carbons (Fsp3) is 0.368. The molecule has 0 aliphatic carbocycles. The van der Waals surface area contributed by atoms with E-state index in [1.165, 1.54) is 16.8 Å². The number of rotatable bonds is 7. The Bertz CT molecular complexity index is 736. The molecule has 0 fully saturated rings. The van der Waals surface area contributed by atoms with Crippen molar-refractivity contribution in [2.24, 2.45) is 0 Å². The molecule has 0 bridgehead atoms. The largest absolute Gasteiger partial charge is 0.302 e. The molecule has 5 nitrogen and oxygen atoms in total. The van der Waals surface area contributed by atoms with Crippen molar-refractivity contribution in [2.75, 3.05) is 13.6 Å². The van der Waals surface area contributed by atoms with Crippen molar-refractivity contribution in [3.05, 3.63) is 65.2 Å². The molecular weight excluding hydrogens is 298 g/mol. The van der Waals surface area contributed by atoms with Crippen LogP contribution in [-0.2, 0) is 13.0 Å². The van der Waals surface area contributed by atoms with Gasteiger partial charge in [-0.1, -0.05) is 12.1 Å². The number of H-pyrrole nitrogens is 1. The first-order valence-corrected chi connectivity index (χ1v) is 8.41. The Hall–Kier alpha value is -2.40. The van der Waals surface area contributed by atoms with Crippen LogP contribution in [0, 0.1) is 13.8 Å². The Balaban J connectivity index is 1.49. The number of hydrogen-bond acceptors (Lipinski definition) is 3. The highest BCUT2D eigenvalue weighted by atomic mass is 15.3. The zero-order chi connectivity index (χ0) is 16.9. The first kappa shape index (κ1) is 16.5. The van der Waals surface area contributed by atoms with E-state index in [2.05, 4.69) is 65.4 Å². The van der Waals surface area contributed by atoms with E-state index in [-0.39, 0.29) is 0 Å². The maximum absolute atomic E-state index is 4.27. The van der Waals surface area contributed by atoms with Gasteiger partial charge in [-0.25, -0.2) is 4.68 Å². The molecular formula is C19H25N5. The second-order valence-corrected chi connectivity index (χ2v) is 6.37. The molecule has 2 aromatic heterocycles. The van der Waals surface area contributed by atoms with Crippen molar-refractivity contribution in [3.63, 3.8) is 0 Å². The van der Waals surface area contributed by atoms with Crippen LogP contribution in [-0.4, -0.2) is 38.5 Å². The molecule has 0 radical (unpaired) electrons. The van der Waals surface area contributed by atoms with Gasteiger partial charge in [0.2, 0.25) is 0 Å². The van der Waals surface area contributed by atoms with Gasteiger partial charge in [0.25, 0.3) is 0 Å². The summed E-state index contributed by atoms with van der Waals surface area (Å²) in [5.41, 5.74) is 6.11. The third kappa shape index (κ3) is 3.92. The van der Waals surface area contributed by atoms with Gasteiger partial charge in [-0.3, -0.25) is 5.10 Å². The summed E-state index contributed by atoms with van der Waals surface area (Å²) in [5, 5.41) is 11.6. The van der Waals surface area contributed by atoms with Gasteiger partial charge in [0.05, 0.1) is 11.4 Å². The van der Waals surface area contributed by atoms with Gasteiger partial charge in [0, 0.05) is 24.6 Å². The van der Waals surface area contributed by atoms with Gasteiger partial charge >= 0.3 is 0 Å². The SMILES string of the molecule is Cc1n[nH]c(C)c1CCCN(C)Cc1ccc(-n2cccn2)cc1. The van der Waals surface area contributed by atoms with E-state index in [1.54, 1.807) is 6.20 Å². The van der Waals surface area contributed by atoms with Gasteiger partial charge in [-0.05, 0) is 69.6 Å². The standard InChI is InChI=1S/C19H25N5/c1-15-19(16(2)22-21-15)6-4-12-23(3)14-17-7-9-18(10-8-17)24-13-5-11-20-24/h5,7-11,13H,4,6,12,14H2,1-3H3,(H,21,22). The van der Waals surface area contributed by atoms with E-state index in [0.717, 1.165) is 37.3 Å². The Morgan fingerprint density at radius 1 is 1.17 bits per heavy atom. The molecule has 0 unspecified atom stereocenters. The topological polar surface area (TPSA) is 49.7 Å². The summed E-state index contributed by atoms with van der Waals surface area (Å²) in [5.74, 6) is 0. The van der Waals surface area contributed by atoms with Crippen molar-refractivity contribution < 1.29 is 0 Å². The molecule has 24 heavy (non-hydrogen) atoms. The van der Waals surface area contributed by atoms with Crippen molar-refractivity contribution in [1.29, 1.82) is 0 Å². The van der Waals surface area contributed by atoms with Crippen LogP contribution in [0.2, 0.25) is 0 Å². The molecule has 126 valence electrons. The van der Waals surface area contributed by atoms with E-state index < -0.39 is 0 Å². The number of nitrogens with zero attached hydrogens (tertiary/aromatic N) is 4. The van der Waals surface area contributed by atoms with E-state index in [1.807, 2.05) is 16.9 Å². The van der Waals surface area contributed by atoms with Crippen LogP contribution in [0.1, 0.15) is 28.9 Å². The van der Waals surface area contributed by atoms with E-state index in [9.17, 15) is 0 Å². The van der Waals surface area contributed by atoms with Crippen LogP contribution in [0.5, 0.6) is 0 Å². The van der Waals surface area contributed by atoms with Gasteiger partial charge in [0.1, 0.15) is 0 Å². The molecule has 0 saturated carbocycles. The second-order valence-electron chi connectivity index (χ2n) is 6.37. The average molecular weight is 323 g/mol. The highest BCUT2D eigenvalue weighted by Gasteiger charge is 2.07. The lowest BCUT2D eigenvalue weighted by Crippen LogP contribution is -2.19. The summed E-state index contributed by atoms with van der Waals surface area (Å²) in [4.78, 5) is 2.37. The summed E-state index contributed by atoms with van der Waals surface area (Å²) in [6.45, 7) is 6.21. The van der Waals surface area contributed by atoms with Crippen molar-refractivity contribution in [1.82, 2.24) is 24.9 Å². The fourth-order valence-corrected chi connectivity index (χ4v) is 3.03. The van der Waals surface area contributed by atoms with Crippen LogP contribution < -0.4 is 0 Å². The van der Waals surface area contributed by atoms with Crippen molar-refractivity contribution >= 4 is 0 Å². The lowest BCUT2D eigenvalue weighted by molar-refractivity contribution is 0.322. The van der Waals surface area contributed by atoms with Gasteiger partial charge in [0.15, 0.2) is 0 Å². The highest BCUT2D eigenvalue weighted by molar-refractivity contribution is 5.33. The zero-order valence-electron chi connectivity index (χ0n) is 14.7. The Morgan fingerprint density at radius 3 is 2.58 bits per heavy atom. The number of benzene rings is 1. The number of hydrogen-bond donors (Lipinski definition) is 1. The van der Waals surface area contributed by atoms with E-state index in [0.29, 0.717) is 0 Å². The number of aryl methyl sites for hydroxylation is 2. The summed E-state index contributed by atoms with van der Waals surface area (Å²) >= 11 is 0. The van der Waals surface area contributed by atoms with Crippen molar-refractivity contribution in [2.45, 2.75) is 33.2 Å². The van der Waals surface area contributed by atoms with Crippen molar-refractivity contribution in [3.8, 4) is 5.69 Å². The average Bonchev–Trinajstić information content (AvgIpc) is 3.21. The predicted octanol–water partition coefficient (Wildman–Crippen LogP) is 3.28. The number of aromatic nitrogens is 4. The minimum Gasteiger partial charge on any atom is -0.302 e. The highest BCUT2D eigenvalue weighted by Crippen LogP contribution is 2.13. The third-order valence-corrected chi connectivity index (χ3v) is 4.41. The maximum Gasteiger partial charge on any atom is 0.0645 e. The maximum atomic E-state index is 4.27. The first-order chi connectivity index (χ1) is 11.6. The molecule has 0 aliphatic heterocycles. The lowest BCUT2D eigenvalue weighted by atomic mass is 10.1. The molecule has 3 aromatic rings. The summed E-state index contributed by atoms with van der Waals surface area (Å²) in [7, 11) is 2.18. The zero-order valence-corrected chi connectivity index (χ0v) is 14.7. The van der Waals surface area contributed by atoms with Crippen LogP contribution in [0.25, 0.3) is 5.69 Å². The van der Waals surface area contributed by atoms with Crippen LogP contribution in [0.15, 0.2) is 42.7 Å². The smallest absolute Gasteiger partial charge is 0.0645 e. The number of aromatic amines is 1. The second kappa shape index (κ2) is 7.45. The molecule has 1 aromatic carbocycles. The van der Waals surface area contributed by atoms with Crippen LogP contribution in [0.3, 0.4) is 0 Å². The minimum atomic E-state index is 0.961. The monoisotopic (exact) mass is 323 g/mol. The third-order valence-electron chi connectivity index (χ3n) is 4.41. The van der Waals surface area contributed by atoms with E-state index in [4.69, 9.17) is 0 Å². The Labute approximate surface area is 143 Å². The van der Waals surface area contributed by atoms with Gasteiger partial charge in [-0.15, -0.1) is 0 Å². The molecule has 0 spiro atoms. The summed E-state index contributed by atoms with van der Waals surface area (Å²) in [6.07, 6.45) is 5.98. The normalized spacial score (nSPS) is 11.3. The van der Waals surface area contributed by atoms with E-state index >= 15 is 0 Å². The van der Waals surface area contributed by atoms with Gasteiger partial charge in [-0.2, -0.15) is 10.2 Å².